The van der Waals surface area contributed by atoms with Gasteiger partial charge in [0.25, 0.3) is 0 Å². The molecule has 0 saturated carbocycles. The Bertz CT molecular complexity index is 317. The van der Waals surface area contributed by atoms with Gasteiger partial charge in [-0.15, -0.1) is 0 Å². The summed E-state index contributed by atoms with van der Waals surface area (Å²) in [5.74, 6) is 0.713. The number of aryl methyl sites for hydroxylation is 1. The summed E-state index contributed by atoms with van der Waals surface area (Å²) in [5, 5.41) is 0. The molecule has 3 heteroatoms. The molecular weight excluding hydrogens is 279 g/mol. The molecule has 1 aromatic rings. The maximum absolute atomic E-state index is 5.86. The number of nitrogen functional groups attached to an aromatic ring is 1. The Labute approximate surface area is 96.5 Å². The van der Waals surface area contributed by atoms with Crippen molar-refractivity contribution < 1.29 is 0 Å². The normalized spacial score (nSPS) is 11.8. The van der Waals surface area contributed by atoms with Gasteiger partial charge in [0, 0.05) is 0 Å². The second-order valence-electron chi connectivity index (χ2n) is 4.71. The van der Waals surface area contributed by atoms with E-state index in [2.05, 4.69) is 38.7 Å². The van der Waals surface area contributed by atoms with Crippen molar-refractivity contribution >= 4 is 30.7 Å². The standard InChI is InChI=1S/C7H9N2.C4H9.Sn/c1-5-3-4-9-7(8)6(5)2;1-4(2)3;/h3H,1-2H3,(H2,8,9);1-3H3;. The van der Waals surface area contributed by atoms with Gasteiger partial charge in [-0.3, -0.25) is 0 Å². The third-order valence-electron chi connectivity index (χ3n) is 2.07. The molecule has 2 N–H and O–H groups in total. The van der Waals surface area contributed by atoms with Crippen LogP contribution in [0.2, 0.25) is 3.43 Å². The zero-order valence-electron chi connectivity index (χ0n) is 9.60. The van der Waals surface area contributed by atoms with Gasteiger partial charge in [0.1, 0.15) is 0 Å². The average molecular weight is 297 g/mol. The Hall–Kier alpha value is -0.251. The van der Waals surface area contributed by atoms with Gasteiger partial charge in [-0.25, -0.2) is 0 Å². The summed E-state index contributed by atoms with van der Waals surface area (Å²) in [7, 11) is 0. The third kappa shape index (κ3) is 3.15. The van der Waals surface area contributed by atoms with Crippen molar-refractivity contribution in [3.8, 4) is 0 Å². The van der Waals surface area contributed by atoms with E-state index < -0.39 is 21.1 Å². The molecule has 2 nitrogen and oxygen atoms in total. The first-order valence-corrected chi connectivity index (χ1v) is 7.67. The first-order chi connectivity index (χ1) is 6.29. The molecule has 0 unspecified atom stereocenters. The summed E-state index contributed by atoms with van der Waals surface area (Å²) < 4.78 is 1.70. The zero-order valence-corrected chi connectivity index (χ0v) is 12.5. The molecule has 0 aliphatic heterocycles. The molecule has 1 rings (SSSR count). The van der Waals surface area contributed by atoms with E-state index in [1.165, 1.54) is 9.27 Å². The van der Waals surface area contributed by atoms with Gasteiger partial charge < -0.3 is 0 Å². The molecule has 0 fully saturated rings. The van der Waals surface area contributed by atoms with Gasteiger partial charge in [0.15, 0.2) is 0 Å². The molecule has 76 valence electrons. The summed E-state index contributed by atoms with van der Waals surface area (Å²) in [6.07, 6.45) is 0. The Morgan fingerprint density at radius 1 is 1.29 bits per heavy atom. The van der Waals surface area contributed by atoms with E-state index in [0.29, 0.717) is 9.25 Å². The maximum atomic E-state index is 5.86. The number of hydrogen-bond acceptors (Lipinski definition) is 2. The molecule has 2 radical (unpaired) electrons. The molecule has 0 bridgehead atoms. The van der Waals surface area contributed by atoms with Crippen LogP contribution in [-0.4, -0.2) is 26.1 Å². The predicted octanol–water partition coefficient (Wildman–Crippen LogP) is 1.83. The van der Waals surface area contributed by atoms with Crippen LogP contribution in [0.1, 0.15) is 31.9 Å². The van der Waals surface area contributed by atoms with Crippen LogP contribution in [0.15, 0.2) is 6.07 Å². The predicted molar refractivity (Wildman–Crippen MR) is 63.2 cm³/mol. The topological polar surface area (TPSA) is 38.9 Å². The van der Waals surface area contributed by atoms with Crippen molar-refractivity contribution in [3.05, 3.63) is 17.2 Å². The van der Waals surface area contributed by atoms with E-state index in [0.717, 1.165) is 5.56 Å². The Morgan fingerprint density at radius 2 is 1.86 bits per heavy atom. The van der Waals surface area contributed by atoms with E-state index in [1.54, 1.807) is 0 Å². The first-order valence-electron chi connectivity index (χ1n) is 4.81. The van der Waals surface area contributed by atoms with Crippen molar-refractivity contribution in [3.63, 3.8) is 0 Å². The molecule has 0 aromatic carbocycles. The zero-order chi connectivity index (χ0) is 10.9. The van der Waals surface area contributed by atoms with Crippen LogP contribution < -0.4 is 9.44 Å². The molecule has 0 atom stereocenters. The fourth-order valence-electron chi connectivity index (χ4n) is 1.21. The third-order valence-corrected chi connectivity index (χ3v) is 5.68. The first kappa shape index (κ1) is 11.8. The number of pyridine rings is 1. The molecule has 14 heavy (non-hydrogen) atoms. The van der Waals surface area contributed by atoms with E-state index in [-0.39, 0.29) is 0 Å². The number of rotatable bonds is 1. The monoisotopic (exact) mass is 298 g/mol. The van der Waals surface area contributed by atoms with E-state index in [4.69, 9.17) is 5.73 Å². The molecule has 0 saturated heterocycles. The van der Waals surface area contributed by atoms with Gasteiger partial charge in [-0.05, 0) is 0 Å². The summed E-state index contributed by atoms with van der Waals surface area (Å²) >= 11 is -0.613. The van der Waals surface area contributed by atoms with Crippen molar-refractivity contribution in [2.45, 2.75) is 38.0 Å². The van der Waals surface area contributed by atoms with Crippen LogP contribution in [0, 0.1) is 13.8 Å². The number of anilines is 1. The number of aromatic nitrogens is 1. The molecule has 0 amide bonds. The molecule has 0 aliphatic carbocycles. The second kappa shape index (κ2) is 4.09. The van der Waals surface area contributed by atoms with Crippen molar-refractivity contribution in [2.75, 3.05) is 5.73 Å². The fraction of sp³-hybridized carbons (Fsp3) is 0.545. The van der Waals surface area contributed by atoms with E-state index >= 15 is 0 Å². The Morgan fingerprint density at radius 3 is 2.29 bits per heavy atom. The average Bonchev–Trinajstić information content (AvgIpc) is 1.96. The van der Waals surface area contributed by atoms with Crippen molar-refractivity contribution in [2.24, 2.45) is 0 Å². The van der Waals surface area contributed by atoms with Crippen molar-refractivity contribution in [1.82, 2.24) is 4.98 Å². The van der Waals surface area contributed by atoms with Gasteiger partial charge in [-0.2, -0.15) is 0 Å². The van der Waals surface area contributed by atoms with E-state index in [9.17, 15) is 0 Å². The SMILES string of the molecule is Cc1c[c]([Sn][C](C)(C)C)nc(N)c1C. The molecule has 0 aliphatic rings. The van der Waals surface area contributed by atoms with Gasteiger partial charge >= 0.3 is 96.6 Å². The molecule has 1 aromatic heterocycles. The van der Waals surface area contributed by atoms with Gasteiger partial charge in [-0.1, -0.05) is 0 Å². The second-order valence-corrected chi connectivity index (χ2v) is 11.2. The number of nitrogens with zero attached hydrogens (tertiary/aromatic N) is 1. The molecule has 1 heterocycles. The van der Waals surface area contributed by atoms with Crippen LogP contribution in [0.4, 0.5) is 5.82 Å². The molecular formula is C11H18N2Sn. The van der Waals surface area contributed by atoms with Gasteiger partial charge in [0.05, 0.1) is 0 Å². The van der Waals surface area contributed by atoms with Crippen LogP contribution in [0.3, 0.4) is 0 Å². The number of hydrogen-bond donors (Lipinski definition) is 1. The van der Waals surface area contributed by atoms with E-state index in [1.807, 2.05) is 6.92 Å². The minimum atomic E-state index is -0.613. The van der Waals surface area contributed by atoms with Crippen LogP contribution in [0.25, 0.3) is 0 Å². The molecule has 0 spiro atoms. The minimum absolute atomic E-state index is 0.435. The summed E-state index contributed by atoms with van der Waals surface area (Å²) in [6.45, 7) is 11.0. The van der Waals surface area contributed by atoms with Crippen LogP contribution in [0.5, 0.6) is 0 Å². The van der Waals surface area contributed by atoms with Crippen LogP contribution >= 0.6 is 0 Å². The summed E-state index contributed by atoms with van der Waals surface area (Å²) in [4.78, 5) is 4.47. The van der Waals surface area contributed by atoms with Gasteiger partial charge in [0.2, 0.25) is 0 Å². The van der Waals surface area contributed by atoms with Crippen molar-refractivity contribution in [1.29, 1.82) is 0 Å². The fourth-order valence-corrected chi connectivity index (χ4v) is 4.73. The summed E-state index contributed by atoms with van der Waals surface area (Å²) in [6, 6.07) is 2.21. The Balaban J connectivity index is 3.02. The van der Waals surface area contributed by atoms with Crippen LogP contribution in [-0.2, 0) is 0 Å². The quantitative estimate of drug-likeness (QED) is 0.803. The summed E-state index contributed by atoms with van der Waals surface area (Å²) in [5.41, 5.74) is 8.26. The Kier molecular flexibility index (Phi) is 3.45. The number of nitrogens with two attached hydrogens (primary N) is 1.